The van der Waals surface area contributed by atoms with Crippen molar-refractivity contribution in [2.24, 2.45) is 5.73 Å². The van der Waals surface area contributed by atoms with Crippen LogP contribution in [0.4, 0.5) is 0 Å². The minimum Gasteiger partial charge on any atom is -0.383 e. The van der Waals surface area contributed by atoms with E-state index >= 15 is 0 Å². The summed E-state index contributed by atoms with van der Waals surface area (Å²) in [7, 11) is -4.14. The van der Waals surface area contributed by atoms with E-state index in [2.05, 4.69) is 5.32 Å². The maximum atomic E-state index is 12.4. The summed E-state index contributed by atoms with van der Waals surface area (Å²) in [5, 5.41) is 10.1. The van der Waals surface area contributed by atoms with E-state index in [1.165, 1.54) is 16.2 Å². The third-order valence-electron chi connectivity index (χ3n) is 3.79. The Balaban J connectivity index is 1.91. The lowest BCUT2D eigenvalue weighted by Crippen LogP contribution is -2.48. The molecule has 1 unspecified atom stereocenters. The smallest absolute Gasteiger partial charge is 0.271 e. The van der Waals surface area contributed by atoms with Crippen LogP contribution in [0.3, 0.4) is 0 Å². The van der Waals surface area contributed by atoms with Gasteiger partial charge in [0.15, 0.2) is 0 Å². The number of carbonyl (C=O) groups excluding carboxylic acids is 3. The van der Waals surface area contributed by atoms with Gasteiger partial charge in [0.2, 0.25) is 17.4 Å². The van der Waals surface area contributed by atoms with Gasteiger partial charge in [-0.25, -0.2) is 8.42 Å². The van der Waals surface area contributed by atoms with Crippen molar-refractivity contribution < 1.29 is 22.8 Å². The molecule has 10 nitrogen and oxygen atoms in total. The number of amides is 2. The molecular weight excluding hydrogens is 382 g/mol. The summed E-state index contributed by atoms with van der Waals surface area (Å²) in [6, 6.07) is 2.77. The fourth-order valence-electron chi connectivity index (χ4n) is 2.55. The Morgan fingerprint density at radius 2 is 2.15 bits per heavy atom. The number of nitrogens with one attached hydrogen (secondary N) is 3. The molecule has 142 valence electrons. The van der Waals surface area contributed by atoms with Crippen LogP contribution in [0.2, 0.25) is 0 Å². The molecule has 1 fully saturated rings. The van der Waals surface area contributed by atoms with Crippen molar-refractivity contribution >= 4 is 44.6 Å². The number of nitrogens with zero attached hydrogens (tertiary/aromatic N) is 1. The number of nitrogens with two attached hydrogens (primary N) is 1. The van der Waals surface area contributed by atoms with Crippen molar-refractivity contribution in [3.8, 4) is 0 Å². The maximum Gasteiger partial charge on any atom is 0.271 e. The Hall–Kier alpha value is -2.31. The van der Waals surface area contributed by atoms with Crippen LogP contribution in [0.15, 0.2) is 12.1 Å². The lowest BCUT2D eigenvalue weighted by molar-refractivity contribution is -0.137. The van der Waals surface area contributed by atoms with Gasteiger partial charge in [0.25, 0.3) is 10.0 Å². The van der Waals surface area contributed by atoms with Crippen molar-refractivity contribution in [1.82, 2.24) is 14.9 Å². The number of sulfonamides is 1. The second kappa shape index (κ2) is 8.38. The molecule has 26 heavy (non-hydrogen) atoms. The molecule has 1 atom stereocenters. The van der Waals surface area contributed by atoms with Crippen LogP contribution < -0.4 is 15.8 Å². The molecule has 0 bridgehead atoms. The summed E-state index contributed by atoms with van der Waals surface area (Å²) in [5.41, 5.74) is 5.12. The second-order valence-corrected chi connectivity index (χ2v) is 8.34. The van der Waals surface area contributed by atoms with Gasteiger partial charge in [-0.1, -0.05) is 0 Å². The number of nitrogen functional groups attached to an aromatic ring is 1. The normalized spacial score (nSPS) is 17.1. The molecular formula is C14H19N5O5S2. The van der Waals surface area contributed by atoms with E-state index in [0.29, 0.717) is 24.3 Å². The van der Waals surface area contributed by atoms with Gasteiger partial charge in [-0.2, -0.15) is 4.72 Å². The fourth-order valence-corrected chi connectivity index (χ4v) is 3.75. The van der Waals surface area contributed by atoms with Crippen LogP contribution in [0.25, 0.3) is 0 Å². The van der Waals surface area contributed by atoms with Crippen LogP contribution >= 0.6 is 11.3 Å². The highest BCUT2D eigenvalue weighted by Gasteiger charge is 2.34. The highest BCUT2D eigenvalue weighted by atomic mass is 32.2. The summed E-state index contributed by atoms with van der Waals surface area (Å²) < 4.78 is 24.0. The molecule has 5 N–H and O–H groups in total. The Labute approximate surface area is 154 Å². The monoisotopic (exact) mass is 401 g/mol. The van der Waals surface area contributed by atoms with Crippen molar-refractivity contribution in [3.05, 3.63) is 21.9 Å². The van der Waals surface area contributed by atoms with Gasteiger partial charge in [0, 0.05) is 11.4 Å². The van der Waals surface area contributed by atoms with E-state index in [0.717, 1.165) is 4.88 Å². The SMILES string of the molecule is N=C(N)c1ccc(CNC(=O)C2CCCN2C(=O)CNS(=O)(=O)C=O)s1. The Morgan fingerprint density at radius 3 is 2.77 bits per heavy atom. The third kappa shape index (κ3) is 5.09. The largest absolute Gasteiger partial charge is 0.383 e. The molecule has 0 saturated carbocycles. The van der Waals surface area contributed by atoms with E-state index in [1.807, 2.05) is 4.72 Å². The average Bonchev–Trinajstić information content (AvgIpc) is 3.27. The number of likely N-dealkylation sites (tertiary alicyclic amines) is 1. The Bertz CT molecular complexity index is 819. The second-order valence-electron chi connectivity index (χ2n) is 5.60. The zero-order valence-electron chi connectivity index (χ0n) is 13.7. The molecule has 12 heteroatoms. The van der Waals surface area contributed by atoms with Crippen LogP contribution in [0.5, 0.6) is 0 Å². The summed E-state index contributed by atoms with van der Waals surface area (Å²) in [4.78, 5) is 37.6. The summed E-state index contributed by atoms with van der Waals surface area (Å²) in [5.74, 6) is -0.951. The molecule has 1 aliphatic heterocycles. The fraction of sp³-hybridized carbons (Fsp3) is 0.429. The van der Waals surface area contributed by atoms with E-state index in [4.69, 9.17) is 11.1 Å². The molecule has 2 rings (SSSR count). The molecule has 1 aromatic rings. The summed E-state index contributed by atoms with van der Waals surface area (Å²) in [6.07, 6.45) is 1.10. The first-order valence-electron chi connectivity index (χ1n) is 7.68. The van der Waals surface area contributed by atoms with Crippen molar-refractivity contribution in [1.29, 1.82) is 5.41 Å². The van der Waals surface area contributed by atoms with Crippen LogP contribution in [0.1, 0.15) is 22.6 Å². The molecule has 1 aromatic heterocycles. The first-order valence-corrected chi connectivity index (χ1v) is 10.0. The minimum atomic E-state index is -4.14. The van der Waals surface area contributed by atoms with E-state index in [-0.39, 0.29) is 23.9 Å². The highest BCUT2D eigenvalue weighted by molar-refractivity contribution is 8.02. The topological polar surface area (TPSA) is 163 Å². The van der Waals surface area contributed by atoms with E-state index < -0.39 is 28.5 Å². The quantitative estimate of drug-likeness (QED) is 0.242. The van der Waals surface area contributed by atoms with E-state index in [9.17, 15) is 22.8 Å². The molecule has 0 radical (unpaired) electrons. The number of rotatable bonds is 8. The average molecular weight is 401 g/mol. The molecule has 2 amide bonds. The Kier molecular flexibility index (Phi) is 6.45. The molecule has 0 aliphatic carbocycles. The summed E-state index contributed by atoms with van der Waals surface area (Å²) >= 11 is 1.29. The predicted octanol–water partition coefficient (Wildman–Crippen LogP) is -1.25. The zero-order valence-corrected chi connectivity index (χ0v) is 15.4. The number of thiophene rings is 1. The molecule has 1 saturated heterocycles. The third-order valence-corrected chi connectivity index (χ3v) is 5.71. The lowest BCUT2D eigenvalue weighted by Gasteiger charge is -2.23. The van der Waals surface area contributed by atoms with Gasteiger partial charge >= 0.3 is 0 Å². The zero-order chi connectivity index (χ0) is 19.3. The summed E-state index contributed by atoms with van der Waals surface area (Å²) in [6.45, 7) is 0.0120. The Morgan fingerprint density at radius 1 is 1.42 bits per heavy atom. The predicted molar refractivity (Wildman–Crippen MR) is 95.6 cm³/mol. The van der Waals surface area contributed by atoms with Gasteiger partial charge in [-0.05, 0) is 25.0 Å². The van der Waals surface area contributed by atoms with Crippen molar-refractivity contribution in [3.63, 3.8) is 0 Å². The van der Waals surface area contributed by atoms with Gasteiger partial charge < -0.3 is 16.0 Å². The molecule has 2 heterocycles. The first kappa shape index (κ1) is 20.0. The number of carbonyl (C=O) groups is 3. The lowest BCUT2D eigenvalue weighted by atomic mass is 10.2. The highest BCUT2D eigenvalue weighted by Crippen LogP contribution is 2.19. The molecule has 0 aromatic carbocycles. The van der Waals surface area contributed by atoms with Crippen molar-refractivity contribution in [2.45, 2.75) is 25.4 Å². The molecule has 0 spiro atoms. The van der Waals surface area contributed by atoms with Gasteiger partial charge in [0.05, 0.1) is 18.0 Å². The van der Waals surface area contributed by atoms with Gasteiger partial charge in [0.1, 0.15) is 11.9 Å². The van der Waals surface area contributed by atoms with Gasteiger partial charge in [-0.15, -0.1) is 11.3 Å². The van der Waals surface area contributed by atoms with Crippen LogP contribution in [0, 0.1) is 5.41 Å². The first-order chi connectivity index (χ1) is 12.2. The number of hydrogen-bond donors (Lipinski definition) is 4. The van der Waals surface area contributed by atoms with E-state index in [1.54, 1.807) is 12.1 Å². The van der Waals surface area contributed by atoms with Crippen molar-refractivity contribution in [2.75, 3.05) is 13.1 Å². The van der Waals surface area contributed by atoms with Crippen LogP contribution in [-0.2, 0) is 31.0 Å². The minimum absolute atomic E-state index is 0.0436. The van der Waals surface area contributed by atoms with Gasteiger partial charge in [-0.3, -0.25) is 19.8 Å². The van der Waals surface area contributed by atoms with Crippen LogP contribution in [-0.4, -0.2) is 55.7 Å². The maximum absolute atomic E-state index is 12.4. The molecule has 1 aliphatic rings. The number of hydrogen-bond acceptors (Lipinski definition) is 7. The number of amidine groups is 1. The standard InChI is InChI=1S/C14H19N5O5S2/c15-13(16)11-4-3-9(25-11)6-17-14(22)10-2-1-5-19(10)12(21)7-18-26(23,24)8-20/h3-4,8,10,18H,1-2,5-7H2,(H3,15,16)(H,17,22).